The quantitative estimate of drug-likeness (QED) is 0.836. The summed E-state index contributed by atoms with van der Waals surface area (Å²) in [6, 6.07) is 6.97. The van der Waals surface area contributed by atoms with Crippen molar-refractivity contribution in [2.45, 2.75) is 6.04 Å². The lowest BCUT2D eigenvalue weighted by Gasteiger charge is -2.37. The molecule has 1 aromatic rings. The molecule has 1 atom stereocenters. The van der Waals surface area contributed by atoms with E-state index in [9.17, 15) is 4.39 Å². The summed E-state index contributed by atoms with van der Waals surface area (Å²) in [5, 5.41) is 3.34. The van der Waals surface area contributed by atoms with E-state index in [-0.39, 0.29) is 5.82 Å². The fourth-order valence-electron chi connectivity index (χ4n) is 2.07. The number of nitrogens with one attached hydrogen (secondary N) is 1. The van der Waals surface area contributed by atoms with Crippen molar-refractivity contribution in [2.24, 2.45) is 0 Å². The van der Waals surface area contributed by atoms with Crippen molar-refractivity contribution < 1.29 is 9.13 Å². The lowest BCUT2D eigenvalue weighted by molar-refractivity contribution is 0.170. The van der Waals surface area contributed by atoms with E-state index in [1.165, 1.54) is 12.1 Å². The Hall–Kier alpha value is -1.13. The number of hydrogen-bond donors (Lipinski definition) is 1. The van der Waals surface area contributed by atoms with Crippen LogP contribution in [0.15, 0.2) is 24.3 Å². The Morgan fingerprint density at radius 2 is 2.19 bits per heavy atom. The molecular weight excluding hydrogens is 207 g/mol. The number of anilines is 1. The highest BCUT2D eigenvalue weighted by Crippen LogP contribution is 2.18. The van der Waals surface area contributed by atoms with Crippen molar-refractivity contribution in [2.75, 3.05) is 38.3 Å². The second-order valence-corrected chi connectivity index (χ2v) is 3.98. The summed E-state index contributed by atoms with van der Waals surface area (Å²) in [5.41, 5.74) is 1.06. The third kappa shape index (κ3) is 2.51. The van der Waals surface area contributed by atoms with E-state index < -0.39 is 0 Å². The Morgan fingerprint density at radius 3 is 2.88 bits per heavy atom. The number of halogens is 1. The first-order valence-corrected chi connectivity index (χ1v) is 5.53. The van der Waals surface area contributed by atoms with Crippen LogP contribution in [0.3, 0.4) is 0 Å². The summed E-state index contributed by atoms with van der Waals surface area (Å²) in [6.45, 7) is 3.48. The van der Waals surface area contributed by atoms with Crippen molar-refractivity contribution in [1.82, 2.24) is 5.32 Å². The molecule has 0 radical (unpaired) electrons. The van der Waals surface area contributed by atoms with Gasteiger partial charge in [0, 0.05) is 32.4 Å². The van der Waals surface area contributed by atoms with E-state index in [2.05, 4.69) is 10.2 Å². The molecule has 0 saturated carbocycles. The molecule has 1 N–H and O–H groups in total. The van der Waals surface area contributed by atoms with Crippen LogP contribution in [-0.4, -0.2) is 39.4 Å². The lowest BCUT2D eigenvalue weighted by Crippen LogP contribution is -2.53. The Balaban J connectivity index is 2.13. The zero-order chi connectivity index (χ0) is 11.4. The van der Waals surface area contributed by atoms with Crippen molar-refractivity contribution in [3.63, 3.8) is 0 Å². The lowest BCUT2D eigenvalue weighted by atomic mass is 10.1. The van der Waals surface area contributed by atoms with Crippen molar-refractivity contribution in [3.05, 3.63) is 30.1 Å². The highest BCUT2D eigenvalue weighted by atomic mass is 19.1. The normalized spacial score (nSPS) is 21.1. The number of ether oxygens (including phenoxy) is 1. The Kier molecular flexibility index (Phi) is 3.74. The summed E-state index contributed by atoms with van der Waals surface area (Å²) >= 11 is 0. The second-order valence-electron chi connectivity index (χ2n) is 3.98. The standard InChI is InChI=1S/C12H17FN2O/c1-16-9-12-8-14-6-7-15(12)11-4-2-10(13)3-5-11/h2-5,12,14H,6-9H2,1H3. The van der Waals surface area contributed by atoms with Gasteiger partial charge >= 0.3 is 0 Å². The number of nitrogens with zero attached hydrogens (tertiary/aromatic N) is 1. The third-order valence-electron chi connectivity index (χ3n) is 2.87. The highest BCUT2D eigenvalue weighted by Gasteiger charge is 2.21. The zero-order valence-electron chi connectivity index (χ0n) is 9.45. The Morgan fingerprint density at radius 1 is 1.44 bits per heavy atom. The van der Waals surface area contributed by atoms with Crippen molar-refractivity contribution in [1.29, 1.82) is 0 Å². The predicted molar refractivity (Wildman–Crippen MR) is 62.3 cm³/mol. The Bertz CT molecular complexity index is 326. The number of benzene rings is 1. The number of rotatable bonds is 3. The van der Waals surface area contributed by atoms with Gasteiger partial charge in [0.25, 0.3) is 0 Å². The second kappa shape index (κ2) is 5.27. The average Bonchev–Trinajstić information content (AvgIpc) is 2.32. The molecule has 0 amide bonds. The Labute approximate surface area is 95.2 Å². The number of piperazine rings is 1. The van der Waals surface area contributed by atoms with Crippen LogP contribution in [-0.2, 0) is 4.74 Å². The van der Waals surface area contributed by atoms with Crippen LogP contribution in [0.5, 0.6) is 0 Å². The smallest absolute Gasteiger partial charge is 0.123 e. The molecule has 4 heteroatoms. The zero-order valence-corrected chi connectivity index (χ0v) is 9.45. The first-order chi connectivity index (χ1) is 7.81. The summed E-state index contributed by atoms with van der Waals surface area (Å²) < 4.78 is 18.0. The van der Waals surface area contributed by atoms with Gasteiger partial charge in [-0.25, -0.2) is 4.39 Å². The molecule has 3 nitrogen and oxygen atoms in total. The topological polar surface area (TPSA) is 24.5 Å². The van der Waals surface area contributed by atoms with E-state index in [0.717, 1.165) is 25.3 Å². The minimum Gasteiger partial charge on any atom is -0.383 e. The molecule has 0 bridgehead atoms. The maximum Gasteiger partial charge on any atom is 0.123 e. The van der Waals surface area contributed by atoms with Gasteiger partial charge in [-0.2, -0.15) is 0 Å². The van der Waals surface area contributed by atoms with Gasteiger partial charge in [-0.3, -0.25) is 0 Å². The van der Waals surface area contributed by atoms with Crippen LogP contribution in [0.4, 0.5) is 10.1 Å². The van der Waals surface area contributed by atoms with Crippen LogP contribution in [0, 0.1) is 5.82 Å². The maximum absolute atomic E-state index is 12.8. The monoisotopic (exact) mass is 224 g/mol. The van der Waals surface area contributed by atoms with Gasteiger partial charge in [0.2, 0.25) is 0 Å². The van der Waals surface area contributed by atoms with Crippen LogP contribution in [0.25, 0.3) is 0 Å². The van der Waals surface area contributed by atoms with Gasteiger partial charge in [-0.05, 0) is 24.3 Å². The SMILES string of the molecule is COCC1CNCCN1c1ccc(F)cc1. The van der Waals surface area contributed by atoms with Gasteiger partial charge in [-0.15, -0.1) is 0 Å². The van der Waals surface area contributed by atoms with Gasteiger partial charge < -0.3 is 15.0 Å². The molecule has 1 aromatic carbocycles. The maximum atomic E-state index is 12.8. The van der Waals surface area contributed by atoms with E-state index in [4.69, 9.17) is 4.74 Å². The minimum absolute atomic E-state index is 0.192. The molecule has 0 aromatic heterocycles. The third-order valence-corrected chi connectivity index (χ3v) is 2.87. The summed E-state index contributed by atoms with van der Waals surface area (Å²) in [5.74, 6) is -0.192. The number of hydrogen-bond acceptors (Lipinski definition) is 3. The molecule has 2 rings (SSSR count). The van der Waals surface area contributed by atoms with Gasteiger partial charge in [-0.1, -0.05) is 0 Å². The van der Waals surface area contributed by atoms with Crippen LogP contribution in [0.1, 0.15) is 0 Å². The highest BCUT2D eigenvalue weighted by molar-refractivity contribution is 5.48. The summed E-state index contributed by atoms with van der Waals surface area (Å²) in [4.78, 5) is 2.26. The van der Waals surface area contributed by atoms with Crippen molar-refractivity contribution >= 4 is 5.69 Å². The molecule has 1 unspecified atom stereocenters. The predicted octanol–water partition coefficient (Wildman–Crippen LogP) is 1.25. The molecule has 1 saturated heterocycles. The fraction of sp³-hybridized carbons (Fsp3) is 0.500. The van der Waals surface area contributed by atoms with Gasteiger partial charge in [0.15, 0.2) is 0 Å². The van der Waals surface area contributed by atoms with Gasteiger partial charge in [0.1, 0.15) is 5.82 Å². The minimum atomic E-state index is -0.192. The van der Waals surface area contributed by atoms with E-state index in [0.29, 0.717) is 12.6 Å². The molecular formula is C12H17FN2O. The van der Waals surface area contributed by atoms with Crippen LogP contribution >= 0.6 is 0 Å². The van der Waals surface area contributed by atoms with E-state index in [1.807, 2.05) is 12.1 Å². The molecule has 1 aliphatic rings. The van der Waals surface area contributed by atoms with Gasteiger partial charge in [0.05, 0.1) is 12.6 Å². The average molecular weight is 224 g/mol. The fourth-order valence-corrected chi connectivity index (χ4v) is 2.07. The number of methoxy groups -OCH3 is 1. The summed E-state index contributed by atoms with van der Waals surface area (Å²) in [7, 11) is 1.71. The first kappa shape index (κ1) is 11.4. The van der Waals surface area contributed by atoms with Crippen LogP contribution in [0.2, 0.25) is 0 Å². The molecule has 0 spiro atoms. The largest absolute Gasteiger partial charge is 0.383 e. The van der Waals surface area contributed by atoms with E-state index in [1.54, 1.807) is 7.11 Å². The molecule has 1 fully saturated rings. The molecule has 0 aliphatic carbocycles. The molecule has 1 aliphatic heterocycles. The summed E-state index contributed by atoms with van der Waals surface area (Å²) in [6.07, 6.45) is 0. The van der Waals surface area contributed by atoms with Crippen LogP contribution < -0.4 is 10.2 Å². The molecule has 88 valence electrons. The molecule has 16 heavy (non-hydrogen) atoms. The first-order valence-electron chi connectivity index (χ1n) is 5.53. The van der Waals surface area contributed by atoms with Crippen molar-refractivity contribution in [3.8, 4) is 0 Å². The van der Waals surface area contributed by atoms with E-state index >= 15 is 0 Å². The molecule has 1 heterocycles.